The number of likely N-dealkylation sites (tertiary alicyclic amines) is 1. The minimum absolute atomic E-state index is 0.109. The second-order valence-electron chi connectivity index (χ2n) is 4.83. The lowest BCUT2D eigenvalue weighted by molar-refractivity contribution is -0.119. The summed E-state index contributed by atoms with van der Waals surface area (Å²) in [4.78, 5) is 27.4. The number of hydrogen-bond donors (Lipinski definition) is 1. The molecule has 1 saturated heterocycles. The lowest BCUT2D eigenvalue weighted by atomic mass is 10.1. The van der Waals surface area contributed by atoms with E-state index in [2.05, 4.69) is 4.98 Å². The van der Waals surface area contributed by atoms with E-state index >= 15 is 0 Å². The third-order valence-electron chi connectivity index (χ3n) is 3.69. The van der Waals surface area contributed by atoms with E-state index in [9.17, 15) is 9.59 Å². The Labute approximate surface area is 114 Å². The number of nitrogens with one attached hydrogen (secondary N) is 1. The topological polar surface area (TPSA) is 58.1 Å². The number of fused-ring (bicyclic) bond motifs is 1. The molecule has 6 heteroatoms. The fourth-order valence-electron chi connectivity index (χ4n) is 2.72. The molecule has 3 rings (SSSR count). The molecule has 0 saturated carbocycles. The first-order chi connectivity index (χ1) is 9.19. The Bertz CT molecular complexity index is 668. The van der Waals surface area contributed by atoms with E-state index in [0.29, 0.717) is 18.1 Å². The predicted octanol–water partition coefficient (Wildman–Crippen LogP) is 1.78. The maximum Gasteiger partial charge on any atom is 0.326 e. The number of H-pyrrole nitrogens is 1. The summed E-state index contributed by atoms with van der Waals surface area (Å²) in [5.41, 5.74) is 1.52. The van der Waals surface area contributed by atoms with Gasteiger partial charge in [-0.3, -0.25) is 9.36 Å². The largest absolute Gasteiger partial charge is 0.345 e. The van der Waals surface area contributed by atoms with Crippen LogP contribution in [0.1, 0.15) is 18.9 Å². The van der Waals surface area contributed by atoms with Gasteiger partial charge in [0, 0.05) is 24.2 Å². The highest BCUT2D eigenvalue weighted by atomic mass is 35.5. The van der Waals surface area contributed by atoms with E-state index in [4.69, 9.17) is 11.6 Å². The van der Waals surface area contributed by atoms with Gasteiger partial charge in [-0.15, -0.1) is 0 Å². The van der Waals surface area contributed by atoms with E-state index in [0.717, 1.165) is 30.3 Å². The number of aromatic amines is 1. The quantitative estimate of drug-likeness (QED) is 0.852. The van der Waals surface area contributed by atoms with E-state index < -0.39 is 0 Å². The number of benzene rings is 1. The van der Waals surface area contributed by atoms with Crippen LogP contribution in [0.5, 0.6) is 0 Å². The van der Waals surface area contributed by atoms with Gasteiger partial charge in [0.25, 0.3) is 0 Å². The molecule has 1 amide bonds. The first kappa shape index (κ1) is 12.3. The van der Waals surface area contributed by atoms with Crippen molar-refractivity contribution < 1.29 is 4.79 Å². The first-order valence-electron chi connectivity index (χ1n) is 6.28. The Morgan fingerprint density at radius 1 is 1.32 bits per heavy atom. The van der Waals surface area contributed by atoms with Crippen LogP contribution in [0.25, 0.3) is 11.0 Å². The number of amides is 1. The minimum Gasteiger partial charge on any atom is -0.345 e. The lowest BCUT2D eigenvalue weighted by Crippen LogP contribution is -2.36. The number of hydrogen-bond acceptors (Lipinski definition) is 2. The average molecular weight is 280 g/mol. The standard InChI is InChI=1S/C13H14ClN3O2/c14-9-1-2-12-11(7-9)15-13(19)17(12)10-3-5-16(8-18)6-4-10/h1-2,7-8,10H,3-6H2,(H,15,19). The summed E-state index contributed by atoms with van der Waals surface area (Å²) in [6.45, 7) is 1.39. The number of piperidine rings is 1. The van der Waals surface area contributed by atoms with E-state index in [1.54, 1.807) is 21.6 Å². The van der Waals surface area contributed by atoms with Gasteiger partial charge in [0.05, 0.1) is 11.0 Å². The zero-order valence-corrected chi connectivity index (χ0v) is 11.1. The summed E-state index contributed by atoms with van der Waals surface area (Å²) in [5.74, 6) is 0. The molecule has 0 aliphatic carbocycles. The molecular formula is C13H14ClN3O2. The van der Waals surface area contributed by atoms with Crippen LogP contribution < -0.4 is 5.69 Å². The van der Waals surface area contributed by atoms with Crippen LogP contribution in [0.3, 0.4) is 0 Å². The molecular weight excluding hydrogens is 266 g/mol. The van der Waals surface area contributed by atoms with Crippen molar-refractivity contribution in [2.75, 3.05) is 13.1 Å². The van der Waals surface area contributed by atoms with E-state index in [1.807, 2.05) is 6.07 Å². The van der Waals surface area contributed by atoms with Gasteiger partial charge >= 0.3 is 5.69 Å². The van der Waals surface area contributed by atoms with E-state index in [-0.39, 0.29) is 11.7 Å². The Morgan fingerprint density at radius 3 is 2.74 bits per heavy atom. The number of carbonyl (C=O) groups excluding carboxylic acids is 1. The molecule has 0 spiro atoms. The second-order valence-corrected chi connectivity index (χ2v) is 5.27. The zero-order valence-electron chi connectivity index (χ0n) is 10.3. The highest BCUT2D eigenvalue weighted by molar-refractivity contribution is 6.31. The van der Waals surface area contributed by atoms with Gasteiger partial charge in [0.2, 0.25) is 6.41 Å². The molecule has 2 aromatic rings. The molecule has 100 valence electrons. The summed E-state index contributed by atoms with van der Waals surface area (Å²) < 4.78 is 1.79. The number of imidazole rings is 1. The maximum absolute atomic E-state index is 12.1. The monoisotopic (exact) mass is 279 g/mol. The molecule has 1 aliphatic heterocycles. The van der Waals surface area contributed by atoms with Crippen molar-refractivity contribution >= 4 is 29.0 Å². The smallest absolute Gasteiger partial charge is 0.326 e. The normalized spacial score (nSPS) is 17.0. The van der Waals surface area contributed by atoms with Crippen LogP contribution in [0, 0.1) is 0 Å². The third-order valence-corrected chi connectivity index (χ3v) is 3.93. The molecule has 1 fully saturated rings. The second kappa shape index (κ2) is 4.74. The summed E-state index contributed by atoms with van der Waals surface area (Å²) in [5, 5.41) is 0.608. The number of carbonyl (C=O) groups is 1. The number of rotatable bonds is 2. The SMILES string of the molecule is O=CN1CCC(n2c(=O)[nH]c3cc(Cl)ccc32)CC1. The van der Waals surface area contributed by atoms with Gasteiger partial charge in [-0.25, -0.2) is 4.79 Å². The molecule has 1 N–H and O–H groups in total. The van der Waals surface area contributed by atoms with Gasteiger partial charge in [0.15, 0.2) is 0 Å². The summed E-state index contributed by atoms with van der Waals surface area (Å²) in [6.07, 6.45) is 2.47. The van der Waals surface area contributed by atoms with Gasteiger partial charge < -0.3 is 9.88 Å². The number of aromatic nitrogens is 2. The summed E-state index contributed by atoms with van der Waals surface area (Å²) >= 11 is 5.93. The molecule has 2 heterocycles. The molecule has 0 unspecified atom stereocenters. The van der Waals surface area contributed by atoms with Gasteiger partial charge in [-0.1, -0.05) is 11.6 Å². The van der Waals surface area contributed by atoms with Crippen molar-refractivity contribution in [1.29, 1.82) is 0 Å². The van der Waals surface area contributed by atoms with Crippen LogP contribution in [0.2, 0.25) is 5.02 Å². The van der Waals surface area contributed by atoms with Crippen LogP contribution in [-0.2, 0) is 4.79 Å². The van der Waals surface area contributed by atoms with Crippen molar-refractivity contribution in [3.63, 3.8) is 0 Å². The van der Waals surface area contributed by atoms with Gasteiger partial charge in [0.1, 0.15) is 0 Å². The fourth-order valence-corrected chi connectivity index (χ4v) is 2.89. The predicted molar refractivity (Wildman–Crippen MR) is 73.5 cm³/mol. The summed E-state index contributed by atoms with van der Waals surface area (Å²) in [6, 6.07) is 5.55. The zero-order chi connectivity index (χ0) is 13.4. The van der Waals surface area contributed by atoms with Crippen LogP contribution in [-0.4, -0.2) is 34.0 Å². The highest BCUT2D eigenvalue weighted by Crippen LogP contribution is 2.25. The maximum atomic E-state index is 12.1. The van der Waals surface area contributed by atoms with Crippen LogP contribution in [0.4, 0.5) is 0 Å². The van der Waals surface area contributed by atoms with Crippen LogP contribution in [0.15, 0.2) is 23.0 Å². The Hall–Kier alpha value is -1.75. The van der Waals surface area contributed by atoms with Crippen molar-refractivity contribution in [3.8, 4) is 0 Å². The molecule has 19 heavy (non-hydrogen) atoms. The molecule has 1 aliphatic rings. The molecule has 5 nitrogen and oxygen atoms in total. The molecule has 0 bridgehead atoms. The molecule has 0 radical (unpaired) electrons. The Balaban J connectivity index is 1.99. The molecule has 1 aromatic heterocycles. The lowest BCUT2D eigenvalue weighted by Gasteiger charge is -2.29. The van der Waals surface area contributed by atoms with Crippen molar-refractivity contribution in [3.05, 3.63) is 33.7 Å². The Kier molecular flexibility index (Phi) is 3.06. The number of nitrogens with zero attached hydrogens (tertiary/aromatic N) is 2. The van der Waals surface area contributed by atoms with Gasteiger partial charge in [-0.2, -0.15) is 0 Å². The first-order valence-corrected chi connectivity index (χ1v) is 6.66. The van der Waals surface area contributed by atoms with Crippen molar-refractivity contribution in [2.45, 2.75) is 18.9 Å². The highest BCUT2D eigenvalue weighted by Gasteiger charge is 2.22. The minimum atomic E-state index is -0.109. The van der Waals surface area contributed by atoms with Gasteiger partial charge in [-0.05, 0) is 31.0 Å². The fraction of sp³-hybridized carbons (Fsp3) is 0.385. The van der Waals surface area contributed by atoms with Crippen molar-refractivity contribution in [2.24, 2.45) is 0 Å². The average Bonchev–Trinajstić information content (AvgIpc) is 2.74. The van der Waals surface area contributed by atoms with Crippen LogP contribution >= 0.6 is 11.6 Å². The van der Waals surface area contributed by atoms with E-state index in [1.165, 1.54) is 0 Å². The Morgan fingerprint density at radius 2 is 2.05 bits per heavy atom. The molecule has 1 aromatic carbocycles. The third kappa shape index (κ3) is 2.14. The molecule has 0 atom stereocenters. The summed E-state index contributed by atoms with van der Waals surface area (Å²) in [7, 11) is 0. The number of halogens is 1. The van der Waals surface area contributed by atoms with Crippen molar-refractivity contribution in [1.82, 2.24) is 14.5 Å².